The Hall–Kier alpha value is 0.0243. The van der Waals surface area contributed by atoms with Gasteiger partial charge in [-0.2, -0.15) is 28.3 Å². The first-order valence-corrected chi connectivity index (χ1v) is 5.04. The van der Waals surface area contributed by atoms with Gasteiger partial charge >= 0.3 is 21.7 Å². The van der Waals surface area contributed by atoms with E-state index in [9.17, 15) is 0 Å². The molecule has 0 aliphatic rings. The van der Waals surface area contributed by atoms with Gasteiger partial charge in [0.15, 0.2) is 0 Å². The predicted octanol–water partition coefficient (Wildman–Crippen LogP) is 3.02. The zero-order valence-electron chi connectivity index (χ0n) is 10.9. The minimum absolute atomic E-state index is 0. The van der Waals surface area contributed by atoms with Crippen molar-refractivity contribution in [1.82, 2.24) is 4.90 Å². The first kappa shape index (κ1) is 17.4. The summed E-state index contributed by atoms with van der Waals surface area (Å²) in [6, 6.07) is 2.24. The van der Waals surface area contributed by atoms with E-state index < -0.39 is 0 Å². The Labute approximate surface area is 110 Å². The Morgan fingerprint density at radius 1 is 1.00 bits per heavy atom. The Bertz CT molecular complexity index is 252. The van der Waals surface area contributed by atoms with Crippen molar-refractivity contribution in [2.45, 2.75) is 27.7 Å². The third-order valence-electron chi connectivity index (χ3n) is 2.63. The number of aryl methyl sites for hydroxylation is 2. The largest absolute Gasteiger partial charge is 3.00 e. The van der Waals surface area contributed by atoms with Crippen LogP contribution in [0.3, 0.4) is 0 Å². The van der Waals surface area contributed by atoms with Crippen LogP contribution in [0.2, 0.25) is 0 Å². The van der Waals surface area contributed by atoms with E-state index in [1.54, 1.807) is 0 Å². The third kappa shape index (κ3) is 6.24. The van der Waals surface area contributed by atoms with Crippen LogP contribution in [0.5, 0.6) is 0 Å². The molecule has 0 fully saturated rings. The summed E-state index contributed by atoms with van der Waals surface area (Å²) in [7, 11) is 3.99. The Balaban J connectivity index is 0. The minimum Gasteiger partial charge on any atom is -0.339 e. The molecule has 0 N–H and O–H groups in total. The van der Waals surface area contributed by atoms with E-state index in [4.69, 9.17) is 0 Å². The van der Waals surface area contributed by atoms with Crippen LogP contribution < -0.4 is 0 Å². The molecule has 15 heavy (non-hydrogen) atoms. The van der Waals surface area contributed by atoms with Gasteiger partial charge in [-0.05, 0) is 14.1 Å². The van der Waals surface area contributed by atoms with E-state index in [-0.39, 0.29) is 21.7 Å². The molecule has 1 rings (SSSR count). The molecular formula is C13H23NTi+. The fourth-order valence-corrected chi connectivity index (χ4v) is 1.13. The maximum atomic E-state index is 3.61. The number of hydrogen-bond donors (Lipinski definition) is 0. The molecule has 0 heterocycles. The molecule has 1 nitrogen and oxygen atoms in total. The summed E-state index contributed by atoms with van der Waals surface area (Å²) >= 11 is 0. The summed E-state index contributed by atoms with van der Waals surface area (Å²) in [5.74, 6) is 0. The standard InChI is InChI=1S/C9H13.C4H10N.Ti/c1-6-5-7(2)9(4)8(6)3;1-4-5(2)3;/h5H,1-4H3;1,4H2,2-3H3;/q2*-1;+3. The average Bonchev–Trinajstić information content (AvgIpc) is 2.34. The van der Waals surface area contributed by atoms with E-state index in [0.717, 1.165) is 6.54 Å². The fourth-order valence-electron chi connectivity index (χ4n) is 1.13. The van der Waals surface area contributed by atoms with Crippen LogP contribution in [0.15, 0.2) is 6.07 Å². The Morgan fingerprint density at radius 2 is 1.27 bits per heavy atom. The van der Waals surface area contributed by atoms with Gasteiger partial charge in [0.05, 0.1) is 0 Å². The average molecular weight is 241 g/mol. The molecule has 0 amide bonds. The zero-order valence-corrected chi connectivity index (χ0v) is 12.5. The Morgan fingerprint density at radius 3 is 1.33 bits per heavy atom. The predicted molar refractivity (Wildman–Crippen MR) is 64.9 cm³/mol. The number of rotatable bonds is 1. The fraction of sp³-hybridized carbons (Fsp3) is 0.538. The second-order valence-electron chi connectivity index (χ2n) is 4.06. The van der Waals surface area contributed by atoms with E-state index in [2.05, 4.69) is 40.7 Å². The van der Waals surface area contributed by atoms with Crippen molar-refractivity contribution < 1.29 is 21.7 Å². The second kappa shape index (κ2) is 8.21. The smallest absolute Gasteiger partial charge is 0.339 e. The van der Waals surface area contributed by atoms with Crippen LogP contribution in [0.4, 0.5) is 0 Å². The quantitative estimate of drug-likeness (QED) is 0.539. The molecule has 83 valence electrons. The minimum atomic E-state index is 0. The summed E-state index contributed by atoms with van der Waals surface area (Å²) in [5, 5.41) is 0. The number of hydrogen-bond acceptors (Lipinski definition) is 1. The van der Waals surface area contributed by atoms with Gasteiger partial charge in [-0.1, -0.05) is 27.7 Å². The summed E-state index contributed by atoms with van der Waals surface area (Å²) in [6.07, 6.45) is 0. The summed E-state index contributed by atoms with van der Waals surface area (Å²) < 4.78 is 0. The maximum Gasteiger partial charge on any atom is 3.00 e. The van der Waals surface area contributed by atoms with Crippen LogP contribution in [-0.2, 0) is 21.7 Å². The summed E-state index contributed by atoms with van der Waals surface area (Å²) in [6.45, 7) is 13.2. The first-order valence-electron chi connectivity index (χ1n) is 5.04. The van der Waals surface area contributed by atoms with Crippen LogP contribution in [-0.4, -0.2) is 25.5 Å². The molecule has 0 aliphatic heterocycles. The molecule has 0 saturated heterocycles. The molecule has 1 aromatic rings. The van der Waals surface area contributed by atoms with Crippen LogP contribution in [0, 0.1) is 34.6 Å². The van der Waals surface area contributed by atoms with Crippen molar-refractivity contribution >= 4 is 0 Å². The van der Waals surface area contributed by atoms with Crippen molar-refractivity contribution in [3.05, 3.63) is 35.2 Å². The van der Waals surface area contributed by atoms with E-state index >= 15 is 0 Å². The molecular weight excluding hydrogens is 218 g/mol. The molecule has 1 aromatic carbocycles. The van der Waals surface area contributed by atoms with Crippen molar-refractivity contribution in [2.75, 3.05) is 20.6 Å². The van der Waals surface area contributed by atoms with Gasteiger partial charge in [0.1, 0.15) is 0 Å². The first-order chi connectivity index (χ1) is 6.40. The topological polar surface area (TPSA) is 3.24 Å². The molecule has 0 saturated carbocycles. The SMILES string of the molecule is Cc1[cH-]c(C)c(C)c1C.[CH2-]CN(C)C.[Ti+3]. The van der Waals surface area contributed by atoms with E-state index in [0.29, 0.717) is 0 Å². The molecule has 0 aromatic heterocycles. The normalized spacial score (nSPS) is 9.33. The third-order valence-corrected chi connectivity index (χ3v) is 2.63. The maximum absolute atomic E-state index is 3.61. The van der Waals surface area contributed by atoms with Crippen LogP contribution >= 0.6 is 0 Å². The van der Waals surface area contributed by atoms with Gasteiger partial charge in [0.25, 0.3) is 0 Å². The van der Waals surface area contributed by atoms with E-state index in [1.165, 1.54) is 22.3 Å². The molecule has 0 atom stereocenters. The molecule has 0 spiro atoms. The van der Waals surface area contributed by atoms with Gasteiger partial charge in [-0.25, -0.2) is 0 Å². The van der Waals surface area contributed by atoms with Gasteiger partial charge < -0.3 is 11.8 Å². The van der Waals surface area contributed by atoms with Crippen LogP contribution in [0.1, 0.15) is 22.3 Å². The number of nitrogens with zero attached hydrogens (tertiary/aromatic N) is 1. The van der Waals surface area contributed by atoms with Gasteiger partial charge in [0, 0.05) is 0 Å². The van der Waals surface area contributed by atoms with Crippen molar-refractivity contribution in [3.8, 4) is 0 Å². The Kier molecular flexibility index (Phi) is 9.53. The monoisotopic (exact) mass is 241 g/mol. The van der Waals surface area contributed by atoms with E-state index in [1.807, 2.05) is 19.0 Å². The van der Waals surface area contributed by atoms with Crippen LogP contribution in [0.25, 0.3) is 0 Å². The summed E-state index contributed by atoms with van der Waals surface area (Å²) in [5.41, 5.74) is 5.75. The van der Waals surface area contributed by atoms with Gasteiger partial charge in [0.2, 0.25) is 0 Å². The van der Waals surface area contributed by atoms with Gasteiger partial charge in [-0.3, -0.25) is 0 Å². The molecule has 0 unspecified atom stereocenters. The van der Waals surface area contributed by atoms with Crippen molar-refractivity contribution in [3.63, 3.8) is 0 Å². The van der Waals surface area contributed by atoms with Crippen molar-refractivity contribution in [2.24, 2.45) is 0 Å². The molecule has 0 aliphatic carbocycles. The second-order valence-corrected chi connectivity index (χ2v) is 4.06. The zero-order chi connectivity index (χ0) is 11.3. The van der Waals surface area contributed by atoms with Crippen molar-refractivity contribution in [1.29, 1.82) is 0 Å². The van der Waals surface area contributed by atoms with Gasteiger partial charge in [-0.15, -0.1) is 6.54 Å². The molecule has 2 heteroatoms. The molecule has 0 bridgehead atoms. The summed E-state index contributed by atoms with van der Waals surface area (Å²) in [4.78, 5) is 2.01. The molecule has 1 radical (unpaired) electrons.